The SMILES string of the molecule is C[C@]1(C(=O)[C@@H](N)CC2=CCCCC2)CO1. The standard InChI is InChI=1S/C12H19NO2/c1-12(8-15-12)11(14)10(13)7-9-5-3-2-4-6-9/h5,10H,2-4,6-8,13H2,1H3/t10-,12+/m0/s1. The lowest BCUT2D eigenvalue weighted by Gasteiger charge is -2.17. The molecule has 0 radical (unpaired) electrons. The highest BCUT2D eigenvalue weighted by Crippen LogP contribution is 2.30. The van der Waals surface area contributed by atoms with Crippen LogP contribution in [-0.2, 0) is 9.53 Å². The third kappa shape index (κ3) is 2.47. The number of hydrogen-bond acceptors (Lipinski definition) is 3. The molecule has 0 amide bonds. The maximum atomic E-state index is 11.8. The molecule has 2 aliphatic rings. The molecule has 0 aromatic heterocycles. The van der Waals surface area contributed by atoms with Crippen LogP contribution >= 0.6 is 0 Å². The van der Waals surface area contributed by atoms with Gasteiger partial charge < -0.3 is 10.5 Å². The zero-order valence-corrected chi connectivity index (χ0v) is 9.29. The molecule has 1 heterocycles. The Hall–Kier alpha value is -0.670. The molecular formula is C12H19NO2. The van der Waals surface area contributed by atoms with Gasteiger partial charge in [0.25, 0.3) is 0 Å². The summed E-state index contributed by atoms with van der Waals surface area (Å²) in [4.78, 5) is 11.8. The summed E-state index contributed by atoms with van der Waals surface area (Å²) in [6.07, 6.45) is 7.72. The van der Waals surface area contributed by atoms with Crippen LogP contribution in [0.15, 0.2) is 11.6 Å². The minimum atomic E-state index is -0.561. The van der Waals surface area contributed by atoms with Crippen LogP contribution in [0.5, 0.6) is 0 Å². The fraction of sp³-hybridized carbons (Fsp3) is 0.750. The van der Waals surface area contributed by atoms with Crippen molar-refractivity contribution in [2.75, 3.05) is 6.61 Å². The van der Waals surface area contributed by atoms with E-state index in [1.807, 2.05) is 6.92 Å². The third-order valence-electron chi connectivity index (χ3n) is 3.30. The Morgan fingerprint density at radius 2 is 2.40 bits per heavy atom. The number of rotatable bonds is 4. The molecule has 3 nitrogen and oxygen atoms in total. The maximum absolute atomic E-state index is 11.8. The molecule has 2 N–H and O–H groups in total. The molecule has 0 aromatic rings. The van der Waals surface area contributed by atoms with Crippen molar-refractivity contribution in [1.82, 2.24) is 0 Å². The van der Waals surface area contributed by atoms with Crippen molar-refractivity contribution in [2.24, 2.45) is 5.73 Å². The molecule has 1 aliphatic heterocycles. The lowest BCUT2D eigenvalue weighted by Crippen LogP contribution is -2.39. The van der Waals surface area contributed by atoms with Gasteiger partial charge in [-0.05, 0) is 39.0 Å². The maximum Gasteiger partial charge on any atom is 0.183 e. The van der Waals surface area contributed by atoms with Crippen molar-refractivity contribution in [3.8, 4) is 0 Å². The molecule has 1 aliphatic carbocycles. The Morgan fingerprint density at radius 1 is 1.67 bits per heavy atom. The lowest BCUT2D eigenvalue weighted by atomic mass is 9.90. The first-order valence-corrected chi connectivity index (χ1v) is 5.73. The molecule has 1 fully saturated rings. The van der Waals surface area contributed by atoms with Crippen LogP contribution in [0.25, 0.3) is 0 Å². The van der Waals surface area contributed by atoms with Gasteiger partial charge in [-0.15, -0.1) is 0 Å². The fourth-order valence-corrected chi connectivity index (χ4v) is 2.11. The van der Waals surface area contributed by atoms with Gasteiger partial charge in [0.2, 0.25) is 0 Å². The number of ketones is 1. The van der Waals surface area contributed by atoms with E-state index >= 15 is 0 Å². The topological polar surface area (TPSA) is 55.6 Å². The Balaban J connectivity index is 1.88. The number of epoxide rings is 1. The van der Waals surface area contributed by atoms with E-state index in [-0.39, 0.29) is 11.8 Å². The Morgan fingerprint density at radius 3 is 2.93 bits per heavy atom. The van der Waals surface area contributed by atoms with Crippen molar-refractivity contribution in [3.05, 3.63) is 11.6 Å². The third-order valence-corrected chi connectivity index (χ3v) is 3.30. The van der Waals surface area contributed by atoms with E-state index in [2.05, 4.69) is 6.08 Å². The monoisotopic (exact) mass is 209 g/mol. The van der Waals surface area contributed by atoms with Crippen molar-refractivity contribution in [1.29, 1.82) is 0 Å². The van der Waals surface area contributed by atoms with E-state index < -0.39 is 5.60 Å². The van der Waals surface area contributed by atoms with E-state index in [0.29, 0.717) is 6.61 Å². The van der Waals surface area contributed by atoms with Gasteiger partial charge >= 0.3 is 0 Å². The number of ether oxygens (including phenoxy) is 1. The molecule has 3 heteroatoms. The van der Waals surface area contributed by atoms with Gasteiger partial charge in [-0.2, -0.15) is 0 Å². The van der Waals surface area contributed by atoms with Crippen LogP contribution in [0.4, 0.5) is 0 Å². The lowest BCUT2D eigenvalue weighted by molar-refractivity contribution is -0.124. The van der Waals surface area contributed by atoms with Crippen LogP contribution in [0, 0.1) is 0 Å². The molecule has 0 unspecified atom stereocenters. The Bertz CT molecular complexity index is 292. The Labute approximate surface area is 90.7 Å². The summed E-state index contributed by atoms with van der Waals surface area (Å²) in [6, 6.07) is -0.373. The van der Waals surface area contributed by atoms with Gasteiger partial charge in [-0.1, -0.05) is 11.6 Å². The van der Waals surface area contributed by atoms with Gasteiger partial charge in [0, 0.05) is 0 Å². The van der Waals surface area contributed by atoms with Gasteiger partial charge in [0.1, 0.15) is 5.60 Å². The average Bonchev–Trinajstić information content (AvgIpc) is 2.98. The van der Waals surface area contributed by atoms with Gasteiger partial charge in [0.05, 0.1) is 12.6 Å². The van der Waals surface area contributed by atoms with Crippen LogP contribution in [0.1, 0.15) is 39.0 Å². The number of allylic oxidation sites excluding steroid dienone is 1. The highest BCUT2D eigenvalue weighted by Gasteiger charge is 2.48. The number of hydrogen-bond donors (Lipinski definition) is 1. The quantitative estimate of drug-likeness (QED) is 0.564. The molecule has 2 atom stereocenters. The molecule has 1 saturated heterocycles. The summed E-state index contributed by atoms with van der Waals surface area (Å²) in [5, 5.41) is 0. The molecule has 84 valence electrons. The molecule has 0 aromatic carbocycles. The first-order chi connectivity index (χ1) is 7.12. The number of Topliss-reactive ketones (excluding diaryl/α,β-unsaturated/α-hetero) is 1. The van der Waals surface area contributed by atoms with Crippen LogP contribution in [0.3, 0.4) is 0 Å². The highest BCUT2D eigenvalue weighted by molar-refractivity contribution is 5.93. The normalized spacial score (nSPS) is 32.0. The van der Waals surface area contributed by atoms with Crippen molar-refractivity contribution < 1.29 is 9.53 Å². The van der Waals surface area contributed by atoms with Crippen molar-refractivity contribution >= 4 is 5.78 Å². The summed E-state index contributed by atoms with van der Waals surface area (Å²) >= 11 is 0. The molecular weight excluding hydrogens is 190 g/mol. The minimum Gasteiger partial charge on any atom is -0.362 e. The van der Waals surface area contributed by atoms with E-state index in [4.69, 9.17) is 10.5 Å². The highest BCUT2D eigenvalue weighted by atomic mass is 16.6. The van der Waals surface area contributed by atoms with Crippen LogP contribution < -0.4 is 5.73 Å². The average molecular weight is 209 g/mol. The second kappa shape index (κ2) is 4.06. The molecule has 15 heavy (non-hydrogen) atoms. The summed E-state index contributed by atoms with van der Waals surface area (Å²) in [5.74, 6) is 0.0639. The van der Waals surface area contributed by atoms with Crippen LogP contribution in [-0.4, -0.2) is 24.0 Å². The first kappa shape index (κ1) is 10.8. The van der Waals surface area contributed by atoms with Gasteiger partial charge in [-0.3, -0.25) is 4.79 Å². The van der Waals surface area contributed by atoms with E-state index in [9.17, 15) is 4.79 Å². The molecule has 0 spiro atoms. The summed E-state index contributed by atoms with van der Waals surface area (Å²) in [6.45, 7) is 2.36. The second-order valence-electron chi connectivity index (χ2n) is 4.80. The number of carbonyl (C=O) groups excluding carboxylic acids is 1. The van der Waals surface area contributed by atoms with E-state index in [1.54, 1.807) is 0 Å². The van der Waals surface area contributed by atoms with Crippen molar-refractivity contribution in [3.63, 3.8) is 0 Å². The fourth-order valence-electron chi connectivity index (χ4n) is 2.11. The van der Waals surface area contributed by atoms with Crippen molar-refractivity contribution in [2.45, 2.75) is 50.7 Å². The van der Waals surface area contributed by atoms with Gasteiger partial charge in [-0.25, -0.2) is 0 Å². The zero-order chi connectivity index (χ0) is 10.9. The summed E-state index contributed by atoms with van der Waals surface area (Å²) in [7, 11) is 0. The second-order valence-corrected chi connectivity index (χ2v) is 4.80. The zero-order valence-electron chi connectivity index (χ0n) is 9.29. The minimum absolute atomic E-state index is 0.0639. The number of carbonyl (C=O) groups is 1. The molecule has 2 rings (SSSR count). The first-order valence-electron chi connectivity index (χ1n) is 5.73. The summed E-state index contributed by atoms with van der Waals surface area (Å²) in [5.41, 5.74) is 6.70. The predicted octanol–water partition coefficient (Wildman–Crippen LogP) is 1.56. The summed E-state index contributed by atoms with van der Waals surface area (Å²) < 4.78 is 5.12. The molecule has 0 saturated carbocycles. The Kier molecular flexibility index (Phi) is 2.94. The number of nitrogens with two attached hydrogens (primary N) is 1. The van der Waals surface area contributed by atoms with E-state index in [1.165, 1.54) is 18.4 Å². The largest absolute Gasteiger partial charge is 0.362 e. The van der Waals surface area contributed by atoms with E-state index in [0.717, 1.165) is 19.3 Å². The smallest absolute Gasteiger partial charge is 0.183 e. The molecule has 0 bridgehead atoms. The van der Waals surface area contributed by atoms with Gasteiger partial charge in [0.15, 0.2) is 5.78 Å². The predicted molar refractivity (Wildman–Crippen MR) is 58.5 cm³/mol. The van der Waals surface area contributed by atoms with Crippen LogP contribution in [0.2, 0.25) is 0 Å².